The number of hydrogen-bond acceptors (Lipinski definition) is 4. The molecule has 19 heavy (non-hydrogen) atoms. The Balaban J connectivity index is 2.31. The van der Waals surface area contributed by atoms with Gasteiger partial charge in [-0.2, -0.15) is 0 Å². The summed E-state index contributed by atoms with van der Waals surface area (Å²) in [5.74, 6) is 2.28. The molecule has 3 rings (SSSR count). The van der Waals surface area contributed by atoms with E-state index in [9.17, 15) is 4.79 Å². The molecule has 2 aliphatic heterocycles. The van der Waals surface area contributed by atoms with Gasteiger partial charge in [0, 0.05) is 11.1 Å². The molecule has 2 aliphatic rings. The van der Waals surface area contributed by atoms with Crippen LogP contribution in [0.4, 0.5) is 0 Å². The van der Waals surface area contributed by atoms with Crippen molar-refractivity contribution in [2.45, 2.75) is 32.6 Å². The summed E-state index contributed by atoms with van der Waals surface area (Å²) in [6.45, 7) is 2.94. The van der Waals surface area contributed by atoms with Gasteiger partial charge in [0.2, 0.25) is 0 Å². The summed E-state index contributed by atoms with van der Waals surface area (Å²) in [4.78, 5) is 12.0. The molecule has 0 saturated carbocycles. The number of ether oxygens (including phenoxy) is 3. The fourth-order valence-electron chi connectivity index (χ4n) is 2.99. The third kappa shape index (κ3) is 1.86. The van der Waals surface area contributed by atoms with Crippen LogP contribution in [-0.4, -0.2) is 26.1 Å². The minimum Gasteiger partial charge on any atom is -0.492 e. The van der Waals surface area contributed by atoms with Crippen LogP contribution in [0.5, 0.6) is 17.2 Å². The highest BCUT2D eigenvalue weighted by Gasteiger charge is 2.31. The first-order chi connectivity index (χ1) is 9.24. The number of Topliss-reactive ketones (excluding diaryl/α,β-unsaturated/α-hetero) is 1. The summed E-state index contributed by atoms with van der Waals surface area (Å²) in [5, 5.41) is 0. The molecule has 4 nitrogen and oxygen atoms in total. The van der Waals surface area contributed by atoms with Crippen LogP contribution in [0.2, 0.25) is 0 Å². The zero-order chi connectivity index (χ0) is 13.4. The van der Waals surface area contributed by atoms with Gasteiger partial charge >= 0.3 is 0 Å². The molecule has 4 heteroatoms. The summed E-state index contributed by atoms with van der Waals surface area (Å²) in [5.41, 5.74) is 2.64. The van der Waals surface area contributed by atoms with Crippen molar-refractivity contribution in [3.63, 3.8) is 0 Å². The van der Waals surface area contributed by atoms with Gasteiger partial charge in [0.15, 0.2) is 17.3 Å². The Morgan fingerprint density at radius 3 is 2.32 bits per heavy atom. The molecule has 2 heterocycles. The molecule has 1 aromatic carbocycles. The van der Waals surface area contributed by atoms with Gasteiger partial charge < -0.3 is 14.2 Å². The second-order valence-electron chi connectivity index (χ2n) is 4.98. The molecule has 0 aliphatic carbocycles. The first-order valence-corrected chi connectivity index (χ1v) is 6.76. The molecule has 0 N–H and O–H groups in total. The SMILES string of the molecule is COc1c2c(c(C(C)=O)c3c1OCCC3)OCCC2. The minimum atomic E-state index is 0.0440. The molecule has 0 amide bonds. The highest BCUT2D eigenvalue weighted by atomic mass is 16.5. The van der Waals surface area contributed by atoms with Crippen molar-refractivity contribution < 1.29 is 19.0 Å². The summed E-state index contributed by atoms with van der Waals surface area (Å²) < 4.78 is 17.1. The van der Waals surface area contributed by atoms with Crippen LogP contribution in [0, 0.1) is 0 Å². The van der Waals surface area contributed by atoms with Gasteiger partial charge in [-0.3, -0.25) is 4.79 Å². The van der Waals surface area contributed by atoms with Crippen LogP contribution in [0.15, 0.2) is 0 Å². The van der Waals surface area contributed by atoms with Crippen molar-refractivity contribution in [2.75, 3.05) is 20.3 Å². The lowest BCUT2D eigenvalue weighted by Gasteiger charge is -2.29. The number of methoxy groups -OCH3 is 1. The van der Waals surface area contributed by atoms with E-state index < -0.39 is 0 Å². The van der Waals surface area contributed by atoms with Crippen molar-refractivity contribution in [3.8, 4) is 17.2 Å². The van der Waals surface area contributed by atoms with E-state index in [0.717, 1.165) is 54.1 Å². The maximum absolute atomic E-state index is 12.0. The number of ketones is 1. The monoisotopic (exact) mass is 262 g/mol. The Hall–Kier alpha value is -1.71. The molecule has 102 valence electrons. The van der Waals surface area contributed by atoms with E-state index >= 15 is 0 Å². The van der Waals surface area contributed by atoms with Gasteiger partial charge in [-0.25, -0.2) is 0 Å². The van der Waals surface area contributed by atoms with Gasteiger partial charge in [-0.15, -0.1) is 0 Å². The molecule has 0 radical (unpaired) electrons. The third-order valence-electron chi connectivity index (χ3n) is 3.75. The van der Waals surface area contributed by atoms with E-state index in [4.69, 9.17) is 14.2 Å². The minimum absolute atomic E-state index is 0.0440. The van der Waals surface area contributed by atoms with Crippen molar-refractivity contribution in [1.82, 2.24) is 0 Å². The van der Waals surface area contributed by atoms with Crippen LogP contribution in [-0.2, 0) is 12.8 Å². The smallest absolute Gasteiger partial charge is 0.167 e. The second-order valence-corrected chi connectivity index (χ2v) is 4.98. The molecule has 0 spiro atoms. The number of rotatable bonds is 2. The van der Waals surface area contributed by atoms with E-state index in [1.165, 1.54) is 0 Å². The molecule has 0 aromatic heterocycles. The van der Waals surface area contributed by atoms with E-state index in [1.54, 1.807) is 14.0 Å². The zero-order valence-electron chi connectivity index (χ0n) is 11.4. The molecular weight excluding hydrogens is 244 g/mol. The Bertz CT molecular complexity index is 496. The van der Waals surface area contributed by atoms with Gasteiger partial charge in [0.05, 0.1) is 25.9 Å². The van der Waals surface area contributed by atoms with Crippen molar-refractivity contribution in [2.24, 2.45) is 0 Å². The molecule has 0 bridgehead atoms. The normalized spacial score (nSPS) is 16.7. The number of fused-ring (bicyclic) bond motifs is 2. The lowest BCUT2D eigenvalue weighted by Crippen LogP contribution is -2.19. The Morgan fingerprint density at radius 1 is 1.05 bits per heavy atom. The first-order valence-electron chi connectivity index (χ1n) is 6.76. The Labute approximate surface area is 112 Å². The second kappa shape index (κ2) is 4.76. The van der Waals surface area contributed by atoms with E-state index in [2.05, 4.69) is 0 Å². The van der Waals surface area contributed by atoms with Gasteiger partial charge in [0.25, 0.3) is 0 Å². The quantitative estimate of drug-likeness (QED) is 0.768. The fraction of sp³-hybridized carbons (Fsp3) is 0.533. The largest absolute Gasteiger partial charge is 0.492 e. The Morgan fingerprint density at radius 2 is 1.68 bits per heavy atom. The van der Waals surface area contributed by atoms with Crippen LogP contribution in [0.1, 0.15) is 41.3 Å². The number of benzene rings is 1. The Kier molecular flexibility index (Phi) is 3.09. The zero-order valence-corrected chi connectivity index (χ0v) is 11.4. The third-order valence-corrected chi connectivity index (χ3v) is 3.75. The molecule has 0 atom stereocenters. The van der Waals surface area contributed by atoms with Crippen LogP contribution in [0.25, 0.3) is 0 Å². The van der Waals surface area contributed by atoms with E-state index in [-0.39, 0.29) is 5.78 Å². The summed E-state index contributed by atoms with van der Waals surface area (Å²) >= 11 is 0. The van der Waals surface area contributed by atoms with Crippen LogP contribution >= 0.6 is 0 Å². The first kappa shape index (κ1) is 12.3. The highest BCUT2D eigenvalue weighted by Crippen LogP contribution is 2.48. The van der Waals surface area contributed by atoms with Crippen LogP contribution in [0.3, 0.4) is 0 Å². The lowest BCUT2D eigenvalue weighted by atomic mass is 9.90. The fourth-order valence-corrected chi connectivity index (χ4v) is 2.99. The predicted octanol–water partition coefficient (Wildman–Crippen LogP) is 2.55. The van der Waals surface area contributed by atoms with Crippen molar-refractivity contribution >= 4 is 5.78 Å². The van der Waals surface area contributed by atoms with Gasteiger partial charge in [-0.1, -0.05) is 0 Å². The van der Waals surface area contributed by atoms with Gasteiger partial charge in [-0.05, 0) is 32.6 Å². The molecule has 0 unspecified atom stereocenters. The maximum Gasteiger partial charge on any atom is 0.167 e. The highest BCUT2D eigenvalue weighted by molar-refractivity contribution is 6.00. The van der Waals surface area contributed by atoms with E-state index in [1.807, 2.05) is 0 Å². The molecular formula is C15H18O4. The number of hydrogen-bond donors (Lipinski definition) is 0. The van der Waals surface area contributed by atoms with Crippen molar-refractivity contribution in [1.29, 1.82) is 0 Å². The molecule has 1 aromatic rings. The van der Waals surface area contributed by atoms with E-state index in [0.29, 0.717) is 18.8 Å². The predicted molar refractivity (Wildman–Crippen MR) is 70.6 cm³/mol. The van der Waals surface area contributed by atoms with Gasteiger partial charge in [0.1, 0.15) is 5.75 Å². The summed E-state index contributed by atoms with van der Waals surface area (Å²) in [6, 6.07) is 0. The van der Waals surface area contributed by atoms with Crippen molar-refractivity contribution in [3.05, 3.63) is 16.7 Å². The molecule has 0 fully saturated rings. The number of carbonyl (C=O) groups is 1. The summed E-state index contributed by atoms with van der Waals surface area (Å²) in [6.07, 6.45) is 3.58. The number of carbonyl (C=O) groups excluding carboxylic acids is 1. The molecule has 0 saturated heterocycles. The summed E-state index contributed by atoms with van der Waals surface area (Å²) in [7, 11) is 1.65. The topological polar surface area (TPSA) is 44.8 Å². The average Bonchev–Trinajstić information content (AvgIpc) is 2.44. The van der Waals surface area contributed by atoms with Crippen LogP contribution < -0.4 is 14.2 Å². The standard InChI is InChI=1S/C15H18O4/c1-9(16)12-10-5-3-8-19-15(10)14(17-2)11-6-4-7-18-13(11)12/h3-8H2,1-2H3. The lowest BCUT2D eigenvalue weighted by molar-refractivity contribution is 0.101. The maximum atomic E-state index is 12.0. The average molecular weight is 262 g/mol.